The van der Waals surface area contributed by atoms with Gasteiger partial charge in [-0.2, -0.15) is 13.2 Å². The quantitative estimate of drug-likeness (QED) is 0.771. The van der Waals surface area contributed by atoms with Crippen LogP contribution < -0.4 is 11.1 Å². The Balaban J connectivity index is 2.40. The number of nitrogens with two attached hydrogens (primary N) is 1. The van der Waals surface area contributed by atoms with Crippen LogP contribution in [0.3, 0.4) is 0 Å². The minimum Gasteiger partial charge on any atom is -0.326 e. The summed E-state index contributed by atoms with van der Waals surface area (Å²) in [4.78, 5) is 0. The van der Waals surface area contributed by atoms with Crippen LogP contribution in [0.1, 0.15) is 17.0 Å². The van der Waals surface area contributed by atoms with Gasteiger partial charge in [-0.3, -0.25) is 0 Å². The van der Waals surface area contributed by atoms with Gasteiger partial charge in [0.1, 0.15) is 0 Å². The van der Waals surface area contributed by atoms with Crippen LogP contribution in [-0.4, -0.2) is 19.1 Å². The van der Waals surface area contributed by atoms with E-state index in [0.29, 0.717) is 18.7 Å². The second-order valence-corrected chi connectivity index (χ2v) is 4.01. The SMILES string of the molecule is NC1CNCC1c1ccccc1C(F)(F)F. The van der Waals surface area contributed by atoms with Crippen LogP contribution in [-0.2, 0) is 6.18 Å². The van der Waals surface area contributed by atoms with E-state index in [-0.39, 0.29) is 12.0 Å². The van der Waals surface area contributed by atoms with Gasteiger partial charge in [-0.05, 0) is 11.6 Å². The minimum absolute atomic E-state index is 0.247. The molecular formula is C11H13F3N2. The van der Waals surface area contributed by atoms with Gasteiger partial charge in [-0.25, -0.2) is 0 Å². The summed E-state index contributed by atoms with van der Waals surface area (Å²) < 4.78 is 38.3. The predicted octanol–water partition coefficient (Wildman–Crippen LogP) is 1.72. The first-order valence-electron chi connectivity index (χ1n) is 5.12. The minimum atomic E-state index is -4.31. The van der Waals surface area contributed by atoms with Crippen LogP contribution in [0.25, 0.3) is 0 Å². The summed E-state index contributed by atoms with van der Waals surface area (Å²) in [5.74, 6) is -0.252. The van der Waals surface area contributed by atoms with Gasteiger partial charge in [-0.15, -0.1) is 0 Å². The Bertz CT molecular complexity index is 376. The lowest BCUT2D eigenvalue weighted by Crippen LogP contribution is -2.28. The summed E-state index contributed by atoms with van der Waals surface area (Å²) in [7, 11) is 0. The largest absolute Gasteiger partial charge is 0.416 e. The van der Waals surface area contributed by atoms with Gasteiger partial charge in [0.25, 0.3) is 0 Å². The van der Waals surface area contributed by atoms with Crippen molar-refractivity contribution in [1.82, 2.24) is 5.32 Å². The molecule has 16 heavy (non-hydrogen) atoms. The molecule has 0 aromatic heterocycles. The Labute approximate surface area is 91.6 Å². The van der Waals surface area contributed by atoms with Gasteiger partial charge in [0.2, 0.25) is 0 Å². The monoisotopic (exact) mass is 230 g/mol. The second kappa shape index (κ2) is 4.07. The van der Waals surface area contributed by atoms with E-state index in [1.54, 1.807) is 6.07 Å². The average Bonchev–Trinajstić information content (AvgIpc) is 2.63. The van der Waals surface area contributed by atoms with Gasteiger partial charge in [0, 0.05) is 25.0 Å². The van der Waals surface area contributed by atoms with Crippen molar-refractivity contribution in [3.8, 4) is 0 Å². The lowest BCUT2D eigenvalue weighted by molar-refractivity contribution is -0.138. The number of alkyl halides is 3. The molecule has 1 saturated heterocycles. The molecule has 0 amide bonds. The highest BCUT2D eigenvalue weighted by molar-refractivity contribution is 5.34. The standard InChI is InChI=1S/C11H13F3N2/c12-11(13,14)9-4-2-1-3-7(9)8-5-16-6-10(8)15/h1-4,8,10,16H,5-6,15H2. The van der Waals surface area contributed by atoms with E-state index < -0.39 is 11.7 Å². The Morgan fingerprint density at radius 2 is 1.88 bits per heavy atom. The molecule has 0 bridgehead atoms. The second-order valence-electron chi connectivity index (χ2n) is 4.01. The summed E-state index contributed by atoms with van der Waals surface area (Å²) >= 11 is 0. The molecule has 2 rings (SSSR count). The smallest absolute Gasteiger partial charge is 0.326 e. The highest BCUT2D eigenvalue weighted by Crippen LogP contribution is 2.36. The highest BCUT2D eigenvalue weighted by Gasteiger charge is 2.37. The molecule has 0 aliphatic carbocycles. The van der Waals surface area contributed by atoms with E-state index in [2.05, 4.69) is 5.32 Å². The molecule has 3 N–H and O–H groups in total. The molecule has 1 aliphatic rings. The van der Waals surface area contributed by atoms with E-state index >= 15 is 0 Å². The van der Waals surface area contributed by atoms with Crippen LogP contribution >= 0.6 is 0 Å². The molecule has 2 atom stereocenters. The maximum absolute atomic E-state index is 12.8. The van der Waals surface area contributed by atoms with Crippen molar-refractivity contribution >= 4 is 0 Å². The molecule has 1 fully saturated rings. The fourth-order valence-corrected chi connectivity index (χ4v) is 2.12. The Hall–Kier alpha value is -1.07. The van der Waals surface area contributed by atoms with Gasteiger partial charge in [-0.1, -0.05) is 18.2 Å². The van der Waals surface area contributed by atoms with E-state index in [4.69, 9.17) is 5.73 Å². The first-order valence-corrected chi connectivity index (χ1v) is 5.12. The third-order valence-corrected chi connectivity index (χ3v) is 2.93. The van der Waals surface area contributed by atoms with Gasteiger partial charge in [0.05, 0.1) is 5.56 Å². The molecular weight excluding hydrogens is 217 g/mol. The maximum atomic E-state index is 12.8. The molecule has 1 aromatic carbocycles. The molecule has 0 saturated carbocycles. The van der Waals surface area contributed by atoms with Crippen LogP contribution in [0, 0.1) is 0 Å². The molecule has 1 heterocycles. The van der Waals surface area contributed by atoms with Crippen molar-refractivity contribution in [3.63, 3.8) is 0 Å². The average molecular weight is 230 g/mol. The highest BCUT2D eigenvalue weighted by atomic mass is 19.4. The maximum Gasteiger partial charge on any atom is 0.416 e. The van der Waals surface area contributed by atoms with Crippen molar-refractivity contribution < 1.29 is 13.2 Å². The molecule has 5 heteroatoms. The number of rotatable bonds is 1. The number of hydrogen-bond acceptors (Lipinski definition) is 2. The van der Waals surface area contributed by atoms with Crippen molar-refractivity contribution in [1.29, 1.82) is 0 Å². The molecule has 88 valence electrons. The predicted molar refractivity (Wildman–Crippen MR) is 55.0 cm³/mol. The van der Waals surface area contributed by atoms with Gasteiger partial charge >= 0.3 is 6.18 Å². The van der Waals surface area contributed by atoms with E-state index in [1.165, 1.54) is 12.1 Å². The number of halogens is 3. The third kappa shape index (κ3) is 2.05. The summed E-state index contributed by atoms with van der Waals surface area (Å²) in [6, 6.07) is 5.40. The zero-order valence-electron chi connectivity index (χ0n) is 8.59. The number of hydrogen-bond donors (Lipinski definition) is 2. The van der Waals surface area contributed by atoms with Crippen molar-refractivity contribution in [2.75, 3.05) is 13.1 Å². The fourth-order valence-electron chi connectivity index (χ4n) is 2.12. The van der Waals surface area contributed by atoms with Crippen molar-refractivity contribution in [2.45, 2.75) is 18.1 Å². The van der Waals surface area contributed by atoms with Crippen molar-refractivity contribution in [3.05, 3.63) is 35.4 Å². The van der Waals surface area contributed by atoms with Crippen LogP contribution in [0.5, 0.6) is 0 Å². The molecule has 0 spiro atoms. The molecule has 0 radical (unpaired) electrons. The molecule has 2 nitrogen and oxygen atoms in total. The summed E-state index contributed by atoms with van der Waals surface area (Å²) in [5.41, 5.74) is 5.52. The lowest BCUT2D eigenvalue weighted by atomic mass is 9.90. The molecule has 1 aromatic rings. The van der Waals surface area contributed by atoms with Gasteiger partial charge in [0.15, 0.2) is 0 Å². The Morgan fingerprint density at radius 3 is 2.44 bits per heavy atom. The summed E-state index contributed by atoms with van der Waals surface area (Å²) in [6.07, 6.45) is -4.31. The zero-order chi connectivity index (χ0) is 11.8. The first-order chi connectivity index (χ1) is 7.50. The normalized spacial score (nSPS) is 26.0. The number of benzene rings is 1. The Morgan fingerprint density at radius 1 is 1.19 bits per heavy atom. The van der Waals surface area contributed by atoms with E-state index in [0.717, 1.165) is 6.07 Å². The van der Waals surface area contributed by atoms with E-state index in [9.17, 15) is 13.2 Å². The fraction of sp³-hybridized carbons (Fsp3) is 0.455. The molecule has 2 unspecified atom stereocenters. The zero-order valence-corrected chi connectivity index (χ0v) is 8.59. The first kappa shape index (κ1) is 11.4. The molecule has 1 aliphatic heterocycles. The summed E-state index contributed by atoms with van der Waals surface area (Å²) in [6.45, 7) is 1.07. The topological polar surface area (TPSA) is 38.0 Å². The van der Waals surface area contributed by atoms with Crippen LogP contribution in [0.2, 0.25) is 0 Å². The van der Waals surface area contributed by atoms with Gasteiger partial charge < -0.3 is 11.1 Å². The lowest BCUT2D eigenvalue weighted by Gasteiger charge is -2.19. The Kier molecular flexibility index (Phi) is 2.90. The third-order valence-electron chi connectivity index (χ3n) is 2.93. The van der Waals surface area contributed by atoms with Crippen molar-refractivity contribution in [2.24, 2.45) is 5.73 Å². The number of nitrogens with one attached hydrogen (secondary N) is 1. The van der Waals surface area contributed by atoms with Crippen LogP contribution in [0.15, 0.2) is 24.3 Å². The summed E-state index contributed by atoms with van der Waals surface area (Å²) in [5, 5.41) is 3.01. The van der Waals surface area contributed by atoms with E-state index in [1.807, 2.05) is 0 Å². The van der Waals surface area contributed by atoms with Crippen LogP contribution in [0.4, 0.5) is 13.2 Å².